The summed E-state index contributed by atoms with van der Waals surface area (Å²) in [5.74, 6) is -0.590. The monoisotopic (exact) mass is 775 g/mol. The van der Waals surface area contributed by atoms with E-state index in [1.54, 1.807) is 0 Å². The Morgan fingerprint density at radius 3 is 1.75 bits per heavy atom. The average molecular weight is 776 g/mol. The van der Waals surface area contributed by atoms with Gasteiger partial charge in [-0.05, 0) is 110 Å². The predicted octanol–water partition coefficient (Wildman–Crippen LogP) is 10.4. The second kappa shape index (κ2) is 18.4. The van der Waals surface area contributed by atoms with Crippen LogP contribution in [0.1, 0.15) is 84.6 Å². The quantitative estimate of drug-likeness (QED) is 0.0343. The third-order valence-corrected chi connectivity index (χ3v) is 11.9. The van der Waals surface area contributed by atoms with Crippen LogP contribution >= 0.6 is 0 Å². The molecule has 0 aromatic carbocycles. The molecule has 0 unspecified atom stereocenters. The molecule has 0 spiro atoms. The van der Waals surface area contributed by atoms with Crippen LogP contribution in [0.2, 0.25) is 25.7 Å². The van der Waals surface area contributed by atoms with Crippen molar-refractivity contribution in [2.75, 3.05) is 33.0 Å². The smallest absolute Gasteiger partial charge is 0.306 e. The van der Waals surface area contributed by atoms with Crippen LogP contribution in [0.15, 0.2) is 42.5 Å². The van der Waals surface area contributed by atoms with Gasteiger partial charge in [0.05, 0.1) is 42.6 Å². The van der Waals surface area contributed by atoms with E-state index in [1.165, 1.54) is 0 Å². The summed E-state index contributed by atoms with van der Waals surface area (Å²) >= 11 is 0. The Balaban J connectivity index is 1.61. The first-order valence-electron chi connectivity index (χ1n) is 19.1. The minimum absolute atomic E-state index is 0.0949. The first-order valence-corrected chi connectivity index (χ1v) is 22.8. The molecule has 3 aromatic rings. The molecule has 0 saturated carbocycles. The molecule has 2 aliphatic heterocycles. The Hall–Kier alpha value is -5.49. The van der Waals surface area contributed by atoms with Gasteiger partial charge in [0.25, 0.3) is 0 Å². The minimum Gasteiger partial charge on any atom is -0.466 e. The van der Waals surface area contributed by atoms with Crippen LogP contribution in [0.4, 0.5) is 0 Å². The van der Waals surface area contributed by atoms with E-state index in [9.17, 15) is 9.59 Å². The number of aromatic amines is 2. The maximum atomic E-state index is 13.0. The molecule has 2 aliphatic rings. The van der Waals surface area contributed by atoms with Crippen molar-refractivity contribution in [2.45, 2.75) is 79.1 Å². The second-order valence-electron chi connectivity index (χ2n) is 15.3. The van der Waals surface area contributed by atoms with E-state index in [0.29, 0.717) is 30.8 Å². The molecule has 12 nitrogen and oxygen atoms in total. The summed E-state index contributed by atoms with van der Waals surface area (Å²) in [5, 5.41) is 3.43. The van der Waals surface area contributed by atoms with Crippen molar-refractivity contribution < 1.29 is 23.8 Å². The van der Waals surface area contributed by atoms with Crippen LogP contribution in [-0.4, -0.2) is 72.9 Å². The van der Waals surface area contributed by atoms with Crippen LogP contribution < -0.4 is 0 Å². The van der Waals surface area contributed by atoms with Gasteiger partial charge in [0.2, 0.25) is 0 Å². The Morgan fingerprint density at radius 1 is 0.732 bits per heavy atom. The highest BCUT2D eigenvalue weighted by molar-refractivity contribution is 6.76. The summed E-state index contributed by atoms with van der Waals surface area (Å²) in [7, 11) is -1.35. The lowest BCUT2D eigenvalue weighted by molar-refractivity contribution is -0.145. The summed E-state index contributed by atoms with van der Waals surface area (Å²) in [4.78, 5) is 46.1. The zero-order valence-electron chi connectivity index (χ0n) is 33.7. The molecule has 3 aromatic heterocycles. The number of allylic oxidation sites excluding steroid dienone is 4. The predicted molar refractivity (Wildman–Crippen MR) is 229 cm³/mol. The van der Waals surface area contributed by atoms with E-state index in [2.05, 4.69) is 72.7 Å². The van der Waals surface area contributed by atoms with Gasteiger partial charge in [0.1, 0.15) is 6.61 Å². The van der Waals surface area contributed by atoms with E-state index < -0.39 is 8.07 Å². The third kappa shape index (κ3) is 10.0. The number of hydrogen-bond donors (Lipinski definition) is 2. The Morgan fingerprint density at radius 2 is 1.23 bits per heavy atom. The van der Waals surface area contributed by atoms with Gasteiger partial charge in [-0.1, -0.05) is 50.1 Å². The Bertz CT molecular complexity index is 2320. The third-order valence-electron chi connectivity index (χ3n) is 10.2. The van der Waals surface area contributed by atoms with Crippen molar-refractivity contribution in [1.29, 1.82) is 0 Å². The summed E-state index contributed by atoms with van der Waals surface area (Å²) in [6.07, 6.45) is 4.90. The molecule has 5 heterocycles. The van der Waals surface area contributed by atoms with Crippen LogP contribution in [-0.2, 0) is 23.8 Å². The number of ether oxygens (including phenoxy) is 3. The molecule has 0 amide bonds. The van der Waals surface area contributed by atoms with Crippen LogP contribution in [0, 0.1) is 13.8 Å². The lowest BCUT2D eigenvalue weighted by atomic mass is 9.98. The molecule has 56 heavy (non-hydrogen) atoms. The number of azide groups is 1. The molecule has 0 aliphatic carbocycles. The van der Waals surface area contributed by atoms with Crippen molar-refractivity contribution in [2.24, 2.45) is 5.11 Å². The number of nitrogens with one attached hydrogen (secondary N) is 2. The van der Waals surface area contributed by atoms with Crippen molar-refractivity contribution in [3.63, 3.8) is 0 Å². The first-order chi connectivity index (χ1) is 26.7. The molecular formula is C43H53N7O5Si. The fourth-order valence-electron chi connectivity index (χ4n) is 6.84. The van der Waals surface area contributed by atoms with Crippen LogP contribution in [0.5, 0.6) is 0 Å². The normalized spacial score (nSPS) is 12.8. The van der Waals surface area contributed by atoms with Crippen molar-refractivity contribution in [3.05, 3.63) is 92.9 Å². The van der Waals surface area contributed by atoms with E-state index in [-0.39, 0.29) is 51.1 Å². The van der Waals surface area contributed by atoms with Crippen LogP contribution in [0.3, 0.4) is 0 Å². The topological polar surface area (TPSA) is 168 Å². The lowest BCUT2D eigenvalue weighted by Gasteiger charge is -2.15. The van der Waals surface area contributed by atoms with Gasteiger partial charge in [-0.2, -0.15) is 0 Å². The molecule has 0 radical (unpaired) electrons. The van der Waals surface area contributed by atoms with E-state index in [4.69, 9.17) is 29.7 Å². The number of fused-ring (bicyclic) bond motifs is 8. The summed E-state index contributed by atoms with van der Waals surface area (Å²) in [5.41, 5.74) is 22.8. The maximum Gasteiger partial charge on any atom is 0.306 e. The van der Waals surface area contributed by atoms with Crippen molar-refractivity contribution in [1.82, 2.24) is 19.9 Å². The minimum atomic E-state index is -1.35. The maximum absolute atomic E-state index is 13.0. The number of aromatic nitrogens is 4. The number of rotatable bonds is 17. The average Bonchev–Trinajstić information content (AvgIpc) is 3.81. The highest BCUT2D eigenvalue weighted by Crippen LogP contribution is 2.38. The van der Waals surface area contributed by atoms with Crippen molar-refractivity contribution >= 4 is 76.5 Å². The molecule has 0 saturated heterocycles. The molecule has 13 heteroatoms. The van der Waals surface area contributed by atoms with Gasteiger partial charge >= 0.3 is 11.9 Å². The molecule has 5 rings (SSSR count). The highest BCUT2D eigenvalue weighted by Gasteiger charge is 2.23. The first kappa shape index (κ1) is 41.7. The summed E-state index contributed by atoms with van der Waals surface area (Å²) in [6.45, 7) is 24.4. The van der Waals surface area contributed by atoms with Gasteiger partial charge in [0.15, 0.2) is 0 Å². The zero-order valence-corrected chi connectivity index (χ0v) is 34.7. The Kier molecular flexibility index (Phi) is 13.7. The molecule has 8 bridgehead atoms. The van der Waals surface area contributed by atoms with Gasteiger partial charge in [0, 0.05) is 65.6 Å². The number of hydrogen-bond acceptors (Lipinski definition) is 8. The molecule has 0 atom stereocenters. The largest absolute Gasteiger partial charge is 0.466 e. The number of H-pyrrole nitrogens is 2. The molecule has 2 N–H and O–H groups in total. The standard InChI is InChI=1S/C43H53N7O5Si/c1-10-30-26(3)34-22-35-28(5)32(12-14-42(51)54-19-18-53-17-16-45-50-44)40(48-35)25-41-33(13-15-43(52)55-20-21-56(7,8)9)29(6)37(49-41)24-39-31(11-2)27(4)36(47-39)23-38(30)46-34/h10-11,22-25,46-47H,1-2,12-21H2,3-9H3. The van der Waals surface area contributed by atoms with Gasteiger partial charge in [-0.25, -0.2) is 9.97 Å². The SMILES string of the molecule is C=Cc1c(C)c2cc3[nH]c(cc4nc(cc5nc(cc1[nH]2)C(C)=C5CCC(=O)OCC[Si](C)(C)C)C(CCC(=O)OCCOCCN=[N+]=[N-])=C4C)c(C)c3C=C. The van der Waals surface area contributed by atoms with Crippen molar-refractivity contribution in [3.8, 4) is 0 Å². The highest BCUT2D eigenvalue weighted by atomic mass is 28.3. The molecule has 294 valence electrons. The summed E-state index contributed by atoms with van der Waals surface area (Å²) in [6, 6.07) is 9.05. The van der Waals surface area contributed by atoms with E-state index in [1.807, 2.05) is 44.2 Å². The number of carbonyl (C=O) groups is 2. The van der Waals surface area contributed by atoms with Gasteiger partial charge in [-0.3, -0.25) is 9.59 Å². The molecular weight excluding hydrogens is 723 g/mol. The number of carbonyl (C=O) groups excluding carboxylic acids is 2. The fourth-order valence-corrected chi connectivity index (χ4v) is 7.55. The zero-order chi connectivity index (χ0) is 40.6. The number of aryl methyl sites for hydroxylation is 2. The van der Waals surface area contributed by atoms with Gasteiger partial charge < -0.3 is 24.2 Å². The lowest BCUT2D eigenvalue weighted by Crippen LogP contribution is -2.22. The van der Waals surface area contributed by atoms with E-state index in [0.717, 1.165) is 84.0 Å². The second-order valence-corrected chi connectivity index (χ2v) is 20.9. The van der Waals surface area contributed by atoms with Crippen LogP contribution in [0.25, 0.3) is 67.0 Å². The molecule has 0 fully saturated rings. The number of esters is 2. The Labute approximate surface area is 329 Å². The summed E-state index contributed by atoms with van der Waals surface area (Å²) < 4.78 is 16.5. The van der Waals surface area contributed by atoms with Gasteiger partial charge in [-0.15, -0.1) is 0 Å². The number of nitrogens with zero attached hydrogens (tertiary/aromatic N) is 5. The van der Waals surface area contributed by atoms with E-state index >= 15 is 0 Å². The fraction of sp³-hybridized carbons (Fsp3) is 0.395.